The van der Waals surface area contributed by atoms with Crippen molar-refractivity contribution in [2.75, 3.05) is 6.54 Å². The van der Waals surface area contributed by atoms with Crippen LogP contribution < -0.4 is 9.84 Å². The predicted octanol–water partition coefficient (Wildman–Crippen LogP) is 1.30. The standard InChI is InChI=1S/C10H13FNO5P/c1-2-12-10(13)9(11)7-5-3-4-6-8(7)17-18(14,15)16/h3-6,9H,2H2,1H3,(H,12,13)(H2,14,15,16). The zero-order valence-electron chi connectivity index (χ0n) is 9.54. The topological polar surface area (TPSA) is 95.9 Å². The smallest absolute Gasteiger partial charge is 0.404 e. The van der Waals surface area contributed by atoms with E-state index < -0.39 is 19.9 Å². The maximum Gasteiger partial charge on any atom is 0.524 e. The van der Waals surface area contributed by atoms with Crippen LogP contribution in [0.25, 0.3) is 0 Å². The van der Waals surface area contributed by atoms with Crippen LogP contribution in [0.4, 0.5) is 4.39 Å². The molecule has 0 aliphatic rings. The minimum absolute atomic E-state index is 0.230. The zero-order chi connectivity index (χ0) is 13.8. The van der Waals surface area contributed by atoms with Gasteiger partial charge in [-0.25, -0.2) is 8.96 Å². The number of rotatable bonds is 5. The van der Waals surface area contributed by atoms with E-state index in [1.54, 1.807) is 6.92 Å². The average molecular weight is 277 g/mol. The van der Waals surface area contributed by atoms with Crippen LogP contribution in [0.2, 0.25) is 0 Å². The summed E-state index contributed by atoms with van der Waals surface area (Å²) < 4.78 is 28.9. The van der Waals surface area contributed by atoms with Crippen molar-refractivity contribution in [1.82, 2.24) is 5.32 Å². The van der Waals surface area contributed by atoms with Gasteiger partial charge in [0.05, 0.1) is 0 Å². The van der Waals surface area contributed by atoms with E-state index in [2.05, 4.69) is 9.84 Å². The van der Waals surface area contributed by atoms with Crippen molar-refractivity contribution in [3.8, 4) is 5.75 Å². The molecule has 0 fully saturated rings. The van der Waals surface area contributed by atoms with Gasteiger partial charge in [0.25, 0.3) is 5.91 Å². The number of carbonyl (C=O) groups is 1. The fourth-order valence-electron chi connectivity index (χ4n) is 1.31. The first-order chi connectivity index (χ1) is 8.35. The van der Waals surface area contributed by atoms with Crippen molar-refractivity contribution < 1.29 is 28.1 Å². The summed E-state index contributed by atoms with van der Waals surface area (Å²) >= 11 is 0. The lowest BCUT2D eigenvalue weighted by Gasteiger charge is -2.14. The number of hydrogen-bond acceptors (Lipinski definition) is 3. The Balaban J connectivity index is 3.01. The predicted molar refractivity (Wildman–Crippen MR) is 61.6 cm³/mol. The lowest BCUT2D eigenvalue weighted by Crippen LogP contribution is -2.27. The number of alkyl halides is 1. The molecule has 6 nitrogen and oxygen atoms in total. The van der Waals surface area contributed by atoms with Gasteiger partial charge < -0.3 is 9.84 Å². The van der Waals surface area contributed by atoms with Gasteiger partial charge in [-0.15, -0.1) is 0 Å². The highest BCUT2D eigenvalue weighted by atomic mass is 31.2. The molecule has 0 aromatic heterocycles. The number of carbonyl (C=O) groups excluding carboxylic acids is 1. The third-order valence-electron chi connectivity index (χ3n) is 1.99. The summed E-state index contributed by atoms with van der Waals surface area (Å²) in [5.74, 6) is -1.25. The number of halogens is 1. The van der Waals surface area contributed by atoms with Crippen LogP contribution in [-0.4, -0.2) is 22.2 Å². The van der Waals surface area contributed by atoms with Crippen molar-refractivity contribution in [2.24, 2.45) is 0 Å². The van der Waals surface area contributed by atoms with E-state index in [4.69, 9.17) is 9.79 Å². The molecule has 0 saturated carbocycles. The zero-order valence-corrected chi connectivity index (χ0v) is 10.4. The fourth-order valence-corrected chi connectivity index (χ4v) is 1.73. The minimum Gasteiger partial charge on any atom is -0.404 e. The van der Waals surface area contributed by atoms with Gasteiger partial charge in [-0.1, -0.05) is 18.2 Å². The molecule has 0 heterocycles. The molecular weight excluding hydrogens is 264 g/mol. The first kappa shape index (κ1) is 14.6. The molecule has 3 N–H and O–H groups in total. The molecule has 8 heteroatoms. The fraction of sp³-hybridized carbons (Fsp3) is 0.300. The number of phosphoric ester groups is 1. The summed E-state index contributed by atoms with van der Waals surface area (Å²) in [6, 6.07) is 5.26. The molecule has 18 heavy (non-hydrogen) atoms. The number of nitrogens with one attached hydrogen (secondary N) is 1. The van der Waals surface area contributed by atoms with Crippen LogP contribution in [0.15, 0.2) is 24.3 Å². The first-order valence-electron chi connectivity index (χ1n) is 5.11. The number of phosphoric acid groups is 1. The van der Waals surface area contributed by atoms with Gasteiger partial charge in [0.15, 0.2) is 0 Å². The van der Waals surface area contributed by atoms with Gasteiger partial charge >= 0.3 is 7.82 Å². The Bertz CT molecular complexity index is 475. The van der Waals surface area contributed by atoms with Crippen LogP contribution in [-0.2, 0) is 9.36 Å². The maximum atomic E-state index is 13.8. The van der Waals surface area contributed by atoms with E-state index in [-0.39, 0.29) is 17.9 Å². The lowest BCUT2D eigenvalue weighted by atomic mass is 10.1. The monoisotopic (exact) mass is 277 g/mol. The van der Waals surface area contributed by atoms with E-state index >= 15 is 0 Å². The van der Waals surface area contributed by atoms with Crippen LogP contribution in [0.3, 0.4) is 0 Å². The molecule has 1 amide bonds. The van der Waals surface area contributed by atoms with Gasteiger partial charge in [-0.2, -0.15) is 0 Å². The Morgan fingerprint density at radius 2 is 2.11 bits per heavy atom. The Morgan fingerprint density at radius 3 is 2.67 bits per heavy atom. The third kappa shape index (κ3) is 4.10. The van der Waals surface area contributed by atoms with E-state index in [1.165, 1.54) is 24.3 Å². The Kier molecular flexibility index (Phi) is 4.84. The van der Waals surface area contributed by atoms with Gasteiger partial charge in [0.1, 0.15) is 5.75 Å². The van der Waals surface area contributed by atoms with Gasteiger partial charge in [0, 0.05) is 12.1 Å². The lowest BCUT2D eigenvalue weighted by molar-refractivity contribution is -0.126. The third-order valence-corrected chi connectivity index (χ3v) is 2.43. The molecule has 0 radical (unpaired) electrons. The van der Waals surface area contributed by atoms with Crippen LogP contribution in [0.5, 0.6) is 5.75 Å². The molecule has 1 unspecified atom stereocenters. The normalized spacial score (nSPS) is 12.9. The van der Waals surface area contributed by atoms with Crippen molar-refractivity contribution in [2.45, 2.75) is 13.1 Å². The number of amides is 1. The van der Waals surface area contributed by atoms with Gasteiger partial charge in [-0.3, -0.25) is 14.6 Å². The Hall–Kier alpha value is -1.43. The molecule has 0 spiro atoms. The quantitative estimate of drug-likeness (QED) is 0.705. The van der Waals surface area contributed by atoms with Crippen LogP contribution in [0.1, 0.15) is 18.7 Å². The van der Waals surface area contributed by atoms with Crippen molar-refractivity contribution >= 4 is 13.7 Å². The molecule has 0 bridgehead atoms. The number of para-hydroxylation sites is 1. The van der Waals surface area contributed by atoms with Crippen LogP contribution >= 0.6 is 7.82 Å². The highest BCUT2D eigenvalue weighted by Crippen LogP contribution is 2.41. The molecule has 1 rings (SSSR count). The average Bonchev–Trinajstić information content (AvgIpc) is 2.27. The molecule has 1 atom stereocenters. The molecular formula is C10H13FNO5P. The molecule has 0 aliphatic carbocycles. The molecule has 0 aliphatic heterocycles. The Morgan fingerprint density at radius 1 is 1.50 bits per heavy atom. The summed E-state index contributed by atoms with van der Waals surface area (Å²) in [5.41, 5.74) is -0.230. The SMILES string of the molecule is CCNC(=O)C(F)c1ccccc1OP(=O)(O)O. The maximum absolute atomic E-state index is 13.8. The summed E-state index contributed by atoms with van der Waals surface area (Å²) in [6.45, 7) is 1.88. The van der Waals surface area contributed by atoms with Gasteiger partial charge in [0.2, 0.25) is 6.17 Å². The summed E-state index contributed by atoms with van der Waals surface area (Å²) in [4.78, 5) is 28.7. The van der Waals surface area contributed by atoms with E-state index in [0.29, 0.717) is 0 Å². The van der Waals surface area contributed by atoms with Crippen molar-refractivity contribution in [1.29, 1.82) is 0 Å². The second kappa shape index (κ2) is 5.95. The van der Waals surface area contributed by atoms with Crippen molar-refractivity contribution in [3.63, 3.8) is 0 Å². The highest BCUT2D eigenvalue weighted by molar-refractivity contribution is 7.46. The summed E-state index contributed by atoms with van der Waals surface area (Å²) in [5, 5.41) is 2.27. The van der Waals surface area contributed by atoms with E-state index in [0.717, 1.165) is 0 Å². The van der Waals surface area contributed by atoms with Gasteiger partial charge in [-0.05, 0) is 13.0 Å². The van der Waals surface area contributed by atoms with E-state index in [9.17, 15) is 13.8 Å². The summed E-state index contributed by atoms with van der Waals surface area (Å²) in [6.07, 6.45) is -2.05. The van der Waals surface area contributed by atoms with E-state index in [1.807, 2.05) is 0 Å². The largest absolute Gasteiger partial charge is 0.524 e. The Labute approximate surface area is 103 Å². The summed E-state index contributed by atoms with van der Waals surface area (Å²) in [7, 11) is -4.80. The second-order valence-electron chi connectivity index (χ2n) is 3.38. The molecule has 0 saturated heterocycles. The molecule has 1 aromatic carbocycles. The second-order valence-corrected chi connectivity index (χ2v) is 4.54. The highest BCUT2D eigenvalue weighted by Gasteiger charge is 2.26. The number of likely N-dealkylation sites (N-methyl/N-ethyl adjacent to an activating group) is 1. The number of benzene rings is 1. The number of hydrogen-bond donors (Lipinski definition) is 3. The molecule has 1 aromatic rings. The van der Waals surface area contributed by atoms with Crippen LogP contribution in [0, 0.1) is 0 Å². The first-order valence-corrected chi connectivity index (χ1v) is 6.64. The molecule has 100 valence electrons. The minimum atomic E-state index is -4.80. The van der Waals surface area contributed by atoms with Crippen molar-refractivity contribution in [3.05, 3.63) is 29.8 Å².